The van der Waals surface area contributed by atoms with E-state index in [9.17, 15) is 13.2 Å². The third-order valence-electron chi connectivity index (χ3n) is 2.18. The lowest BCUT2D eigenvalue weighted by Crippen LogP contribution is -2.29. The molecule has 2 N–H and O–H groups in total. The van der Waals surface area contributed by atoms with Crippen LogP contribution in [0.2, 0.25) is 0 Å². The predicted octanol–water partition coefficient (Wildman–Crippen LogP) is -0.954. The van der Waals surface area contributed by atoms with Crippen LogP contribution in [-0.2, 0) is 14.6 Å². The van der Waals surface area contributed by atoms with Crippen LogP contribution in [0.15, 0.2) is 0 Å². The molecule has 0 aromatic heterocycles. The second-order valence-electron chi connectivity index (χ2n) is 3.17. The molecule has 1 amide bonds. The molecule has 0 unspecified atom stereocenters. The van der Waals surface area contributed by atoms with Crippen LogP contribution in [0.4, 0.5) is 0 Å². The zero-order valence-electron chi connectivity index (χ0n) is 6.93. The zero-order chi connectivity index (χ0) is 10.1. The molecule has 0 bridgehead atoms. The maximum absolute atomic E-state index is 11.0. The molecular weight excluding hydrogens is 192 g/mol. The van der Waals surface area contributed by atoms with Gasteiger partial charge in [-0.25, -0.2) is 8.42 Å². The van der Waals surface area contributed by atoms with Crippen LogP contribution in [0.5, 0.6) is 0 Å². The van der Waals surface area contributed by atoms with Crippen LogP contribution in [0.25, 0.3) is 0 Å². The molecule has 2 atom stereocenters. The van der Waals surface area contributed by atoms with Crippen LogP contribution in [0.3, 0.4) is 0 Å². The average Bonchev–Trinajstić information content (AvgIpc) is 2.31. The summed E-state index contributed by atoms with van der Waals surface area (Å²) in [6.07, 6.45) is 0.365. The molecule has 0 aliphatic carbocycles. The van der Waals surface area contributed by atoms with Crippen molar-refractivity contribution in [1.29, 1.82) is 5.26 Å². The van der Waals surface area contributed by atoms with E-state index in [-0.39, 0.29) is 11.5 Å². The first-order valence-electron chi connectivity index (χ1n) is 3.85. The van der Waals surface area contributed by atoms with Gasteiger partial charge in [0.15, 0.2) is 9.84 Å². The second-order valence-corrected chi connectivity index (χ2v) is 5.40. The Morgan fingerprint density at radius 3 is 2.54 bits per heavy atom. The number of amides is 1. The summed E-state index contributed by atoms with van der Waals surface area (Å²) in [5.74, 6) is -2.13. The van der Waals surface area contributed by atoms with E-state index in [0.717, 1.165) is 0 Å². The molecule has 0 aromatic rings. The summed E-state index contributed by atoms with van der Waals surface area (Å²) < 4.78 is 22.0. The van der Waals surface area contributed by atoms with Gasteiger partial charge in [0, 0.05) is 0 Å². The molecule has 0 saturated carbocycles. The fraction of sp³-hybridized carbons (Fsp3) is 0.714. The van der Waals surface area contributed by atoms with E-state index in [1.54, 1.807) is 6.07 Å². The van der Waals surface area contributed by atoms with Gasteiger partial charge in [0.2, 0.25) is 5.91 Å². The van der Waals surface area contributed by atoms with Crippen molar-refractivity contribution < 1.29 is 13.2 Å². The monoisotopic (exact) mass is 202 g/mol. The van der Waals surface area contributed by atoms with Gasteiger partial charge in [-0.15, -0.1) is 0 Å². The van der Waals surface area contributed by atoms with Gasteiger partial charge in [-0.3, -0.25) is 4.79 Å². The number of primary amides is 1. The van der Waals surface area contributed by atoms with E-state index < -0.39 is 27.6 Å². The fourth-order valence-electron chi connectivity index (χ4n) is 1.49. The van der Waals surface area contributed by atoms with Crippen molar-refractivity contribution >= 4 is 15.7 Å². The standard InChI is InChI=1S/C7H10N2O3S/c8-3-6(7(9)10)5-1-2-13(11,12)4-5/h5-6H,1-2,4H2,(H2,9,10)/t5-,6+/m1/s1. The molecule has 1 aliphatic rings. The highest BCUT2D eigenvalue weighted by Gasteiger charge is 2.36. The third kappa shape index (κ3) is 2.18. The van der Waals surface area contributed by atoms with Gasteiger partial charge >= 0.3 is 0 Å². The van der Waals surface area contributed by atoms with Gasteiger partial charge < -0.3 is 5.73 Å². The molecule has 1 saturated heterocycles. The van der Waals surface area contributed by atoms with Crippen LogP contribution < -0.4 is 5.73 Å². The van der Waals surface area contributed by atoms with E-state index in [1.165, 1.54) is 0 Å². The Labute approximate surface area is 76.4 Å². The number of hydrogen-bond donors (Lipinski definition) is 1. The van der Waals surface area contributed by atoms with Crippen LogP contribution >= 0.6 is 0 Å². The van der Waals surface area contributed by atoms with Crippen molar-refractivity contribution in [1.82, 2.24) is 0 Å². The lowest BCUT2D eigenvalue weighted by molar-refractivity contribution is -0.121. The summed E-state index contributed by atoms with van der Waals surface area (Å²) in [7, 11) is -3.04. The molecule has 72 valence electrons. The number of nitrogens with zero attached hydrogens (tertiary/aromatic N) is 1. The predicted molar refractivity (Wildman–Crippen MR) is 45.1 cm³/mol. The highest BCUT2D eigenvalue weighted by Crippen LogP contribution is 2.25. The van der Waals surface area contributed by atoms with Gasteiger partial charge in [-0.05, 0) is 12.3 Å². The van der Waals surface area contributed by atoms with Crippen molar-refractivity contribution in [3.05, 3.63) is 0 Å². The van der Waals surface area contributed by atoms with E-state index in [4.69, 9.17) is 11.0 Å². The van der Waals surface area contributed by atoms with Crippen molar-refractivity contribution in [2.45, 2.75) is 6.42 Å². The number of rotatable bonds is 2. The van der Waals surface area contributed by atoms with Gasteiger partial charge in [0.25, 0.3) is 0 Å². The Kier molecular flexibility index (Phi) is 2.57. The molecule has 0 aromatic carbocycles. The minimum Gasteiger partial charge on any atom is -0.369 e. The highest BCUT2D eigenvalue weighted by molar-refractivity contribution is 7.91. The minimum atomic E-state index is -3.04. The van der Waals surface area contributed by atoms with Crippen LogP contribution in [-0.4, -0.2) is 25.8 Å². The number of sulfone groups is 1. The Hall–Kier alpha value is -1.09. The molecule has 1 heterocycles. The summed E-state index contributed by atoms with van der Waals surface area (Å²) in [6, 6.07) is 1.74. The first-order chi connectivity index (χ1) is 5.96. The summed E-state index contributed by atoms with van der Waals surface area (Å²) in [4.78, 5) is 10.7. The second kappa shape index (κ2) is 3.34. The zero-order valence-corrected chi connectivity index (χ0v) is 7.75. The first kappa shape index (κ1) is 9.99. The van der Waals surface area contributed by atoms with Crippen LogP contribution in [0, 0.1) is 23.2 Å². The number of carbonyl (C=O) groups is 1. The van der Waals surface area contributed by atoms with Gasteiger partial charge in [-0.1, -0.05) is 0 Å². The molecule has 1 rings (SSSR count). The lowest BCUT2D eigenvalue weighted by atomic mass is 9.93. The normalized spacial score (nSPS) is 27.8. The third-order valence-corrected chi connectivity index (χ3v) is 3.98. The van der Waals surface area contributed by atoms with Crippen molar-refractivity contribution in [3.63, 3.8) is 0 Å². The van der Waals surface area contributed by atoms with Gasteiger partial charge in [0.1, 0.15) is 5.92 Å². The average molecular weight is 202 g/mol. The largest absolute Gasteiger partial charge is 0.369 e. The number of hydrogen-bond acceptors (Lipinski definition) is 4. The molecule has 13 heavy (non-hydrogen) atoms. The van der Waals surface area contributed by atoms with E-state index >= 15 is 0 Å². The topological polar surface area (TPSA) is 101 Å². The van der Waals surface area contributed by atoms with Crippen molar-refractivity contribution in [2.24, 2.45) is 17.6 Å². The van der Waals surface area contributed by atoms with Gasteiger partial charge in [0.05, 0.1) is 17.6 Å². The van der Waals surface area contributed by atoms with E-state index in [2.05, 4.69) is 0 Å². The Morgan fingerprint density at radius 1 is 1.62 bits per heavy atom. The maximum Gasteiger partial charge on any atom is 0.235 e. The Bertz CT molecular complexity index is 354. The smallest absolute Gasteiger partial charge is 0.235 e. The van der Waals surface area contributed by atoms with Gasteiger partial charge in [-0.2, -0.15) is 5.26 Å². The number of nitrogens with two attached hydrogens (primary N) is 1. The van der Waals surface area contributed by atoms with Crippen LogP contribution in [0.1, 0.15) is 6.42 Å². The lowest BCUT2D eigenvalue weighted by Gasteiger charge is -2.09. The quantitative estimate of drug-likeness (QED) is 0.623. The summed E-state index contributed by atoms with van der Waals surface area (Å²) in [5, 5.41) is 8.58. The Balaban J connectivity index is 2.76. The van der Waals surface area contributed by atoms with Crippen molar-refractivity contribution in [3.8, 4) is 6.07 Å². The summed E-state index contributed by atoms with van der Waals surface area (Å²) >= 11 is 0. The highest BCUT2D eigenvalue weighted by atomic mass is 32.2. The summed E-state index contributed by atoms with van der Waals surface area (Å²) in [5.41, 5.74) is 4.96. The molecule has 5 nitrogen and oxygen atoms in total. The molecule has 0 radical (unpaired) electrons. The molecule has 0 spiro atoms. The number of nitriles is 1. The molecule has 1 fully saturated rings. The van der Waals surface area contributed by atoms with Crippen molar-refractivity contribution in [2.75, 3.05) is 11.5 Å². The molecular formula is C7H10N2O3S. The SMILES string of the molecule is N#C[C@H](C(N)=O)[C@@H]1CCS(=O)(=O)C1. The van der Waals surface area contributed by atoms with E-state index in [0.29, 0.717) is 6.42 Å². The maximum atomic E-state index is 11.0. The fourth-order valence-corrected chi connectivity index (χ4v) is 3.33. The first-order valence-corrected chi connectivity index (χ1v) is 5.68. The van der Waals surface area contributed by atoms with E-state index in [1.807, 2.05) is 0 Å². The molecule has 6 heteroatoms. The minimum absolute atomic E-state index is 0.0587. The number of carbonyl (C=O) groups excluding carboxylic acids is 1. The molecule has 1 aliphatic heterocycles. The summed E-state index contributed by atoms with van der Waals surface area (Å²) in [6.45, 7) is 0. The Morgan fingerprint density at radius 2 is 2.23 bits per heavy atom.